The minimum Gasteiger partial charge on any atom is -0.466 e. The molecule has 0 aromatic rings. The maximum Gasteiger partial charge on any atom is 0.310 e. The second-order valence-electron chi connectivity index (χ2n) is 4.53. The average Bonchev–Trinajstić information content (AvgIpc) is 2.27. The molecule has 16 heavy (non-hydrogen) atoms. The molecule has 0 aromatic heterocycles. The first kappa shape index (κ1) is 13.5. The van der Waals surface area contributed by atoms with Crippen LogP contribution in [-0.2, 0) is 9.53 Å². The predicted octanol–water partition coefficient (Wildman–Crippen LogP) is 1.03. The number of hydrogen-bond acceptors (Lipinski definition) is 4. The van der Waals surface area contributed by atoms with Gasteiger partial charge in [0.05, 0.1) is 18.6 Å². The Morgan fingerprint density at radius 2 is 2.38 bits per heavy atom. The molecule has 0 aliphatic carbocycles. The molecule has 2 atom stereocenters. The Bertz CT molecular complexity index is 218. The smallest absolute Gasteiger partial charge is 0.310 e. The lowest BCUT2D eigenvalue weighted by atomic mass is 9.98. The molecule has 1 rings (SSSR count). The summed E-state index contributed by atoms with van der Waals surface area (Å²) in [6.07, 6.45) is 2.49. The first-order chi connectivity index (χ1) is 7.63. The second kappa shape index (κ2) is 6.86. The lowest BCUT2D eigenvalue weighted by molar-refractivity contribution is -0.149. The number of aliphatic hydroxyl groups excluding tert-OH is 1. The highest BCUT2D eigenvalue weighted by molar-refractivity contribution is 5.72. The average molecular weight is 229 g/mol. The summed E-state index contributed by atoms with van der Waals surface area (Å²) in [4.78, 5) is 13.8. The van der Waals surface area contributed by atoms with Gasteiger partial charge in [0.15, 0.2) is 0 Å². The Labute approximate surface area is 97.6 Å². The van der Waals surface area contributed by atoms with Crippen LogP contribution in [0.1, 0.15) is 33.1 Å². The number of carbonyl (C=O) groups excluding carboxylic acids is 1. The van der Waals surface area contributed by atoms with E-state index in [4.69, 9.17) is 4.74 Å². The van der Waals surface area contributed by atoms with Crippen molar-refractivity contribution in [3.8, 4) is 0 Å². The molecule has 1 heterocycles. The highest BCUT2D eigenvalue weighted by Gasteiger charge is 2.26. The largest absolute Gasteiger partial charge is 0.466 e. The Morgan fingerprint density at radius 1 is 1.62 bits per heavy atom. The van der Waals surface area contributed by atoms with Crippen LogP contribution in [0.15, 0.2) is 0 Å². The predicted molar refractivity (Wildman–Crippen MR) is 62.1 cm³/mol. The van der Waals surface area contributed by atoms with Gasteiger partial charge in [-0.05, 0) is 39.7 Å². The van der Waals surface area contributed by atoms with E-state index in [-0.39, 0.29) is 18.0 Å². The first-order valence-electron chi connectivity index (χ1n) is 6.20. The molecule has 1 N–H and O–H groups in total. The fourth-order valence-electron chi connectivity index (χ4n) is 2.08. The summed E-state index contributed by atoms with van der Waals surface area (Å²) in [6, 6.07) is 0. The van der Waals surface area contributed by atoms with Crippen molar-refractivity contribution in [3.63, 3.8) is 0 Å². The van der Waals surface area contributed by atoms with Crippen molar-refractivity contribution in [2.24, 2.45) is 5.92 Å². The first-order valence-corrected chi connectivity index (χ1v) is 6.20. The molecule has 4 heteroatoms. The van der Waals surface area contributed by atoms with E-state index in [1.54, 1.807) is 6.92 Å². The van der Waals surface area contributed by atoms with Crippen LogP contribution >= 0.6 is 0 Å². The number of hydrogen-bond donors (Lipinski definition) is 1. The van der Waals surface area contributed by atoms with E-state index in [2.05, 4.69) is 4.90 Å². The van der Waals surface area contributed by atoms with Gasteiger partial charge in [-0.1, -0.05) is 0 Å². The van der Waals surface area contributed by atoms with Gasteiger partial charge in [0.25, 0.3) is 0 Å². The van der Waals surface area contributed by atoms with E-state index in [1.807, 2.05) is 6.92 Å². The summed E-state index contributed by atoms with van der Waals surface area (Å²) in [7, 11) is 0. The van der Waals surface area contributed by atoms with Crippen LogP contribution in [0.4, 0.5) is 0 Å². The third-order valence-corrected chi connectivity index (χ3v) is 2.99. The van der Waals surface area contributed by atoms with Crippen LogP contribution in [0, 0.1) is 5.92 Å². The Kier molecular flexibility index (Phi) is 5.77. The van der Waals surface area contributed by atoms with Crippen molar-refractivity contribution in [2.75, 3.05) is 26.2 Å². The molecule has 0 aromatic carbocycles. The minimum absolute atomic E-state index is 0.0303. The Balaban J connectivity index is 2.32. The summed E-state index contributed by atoms with van der Waals surface area (Å²) in [6.45, 7) is 6.78. The third-order valence-electron chi connectivity index (χ3n) is 2.99. The zero-order chi connectivity index (χ0) is 12.0. The maximum absolute atomic E-state index is 11.6. The number of nitrogens with zero attached hydrogens (tertiary/aromatic N) is 1. The summed E-state index contributed by atoms with van der Waals surface area (Å²) in [5.41, 5.74) is 0. The number of esters is 1. The Hall–Kier alpha value is -0.610. The van der Waals surface area contributed by atoms with Crippen LogP contribution in [0.2, 0.25) is 0 Å². The molecule has 1 saturated heterocycles. The maximum atomic E-state index is 11.6. The Morgan fingerprint density at radius 3 is 3.00 bits per heavy atom. The van der Waals surface area contributed by atoms with Gasteiger partial charge in [-0.3, -0.25) is 4.79 Å². The van der Waals surface area contributed by atoms with E-state index in [0.717, 1.165) is 38.9 Å². The number of carbonyl (C=O) groups is 1. The van der Waals surface area contributed by atoms with Crippen molar-refractivity contribution in [3.05, 3.63) is 0 Å². The fraction of sp³-hybridized carbons (Fsp3) is 0.917. The van der Waals surface area contributed by atoms with Crippen LogP contribution in [-0.4, -0.2) is 48.3 Å². The molecule has 4 nitrogen and oxygen atoms in total. The van der Waals surface area contributed by atoms with Crippen molar-refractivity contribution in [1.29, 1.82) is 0 Å². The van der Waals surface area contributed by atoms with Crippen LogP contribution in [0.25, 0.3) is 0 Å². The van der Waals surface area contributed by atoms with E-state index >= 15 is 0 Å². The van der Waals surface area contributed by atoms with Gasteiger partial charge in [-0.25, -0.2) is 0 Å². The van der Waals surface area contributed by atoms with E-state index in [9.17, 15) is 9.90 Å². The number of aliphatic hydroxyl groups is 1. The molecular formula is C12H23NO3. The summed E-state index contributed by atoms with van der Waals surface area (Å²) in [5.74, 6) is -0.0352. The zero-order valence-electron chi connectivity index (χ0n) is 10.3. The second-order valence-corrected chi connectivity index (χ2v) is 4.53. The lowest BCUT2D eigenvalue weighted by Gasteiger charge is -2.31. The topological polar surface area (TPSA) is 49.8 Å². The van der Waals surface area contributed by atoms with Crippen molar-refractivity contribution in [2.45, 2.75) is 39.2 Å². The SMILES string of the molecule is CCOC(=O)[C@H]1CCCN(CCC(C)O)C1. The quantitative estimate of drug-likeness (QED) is 0.715. The van der Waals surface area contributed by atoms with Crippen LogP contribution in [0.3, 0.4) is 0 Å². The van der Waals surface area contributed by atoms with Gasteiger partial charge in [-0.15, -0.1) is 0 Å². The van der Waals surface area contributed by atoms with E-state index < -0.39 is 0 Å². The molecule has 0 amide bonds. The highest BCUT2D eigenvalue weighted by atomic mass is 16.5. The molecule has 94 valence electrons. The molecule has 1 unspecified atom stereocenters. The van der Waals surface area contributed by atoms with Gasteiger partial charge in [0.2, 0.25) is 0 Å². The van der Waals surface area contributed by atoms with Crippen molar-refractivity contribution in [1.82, 2.24) is 4.90 Å². The number of likely N-dealkylation sites (tertiary alicyclic amines) is 1. The van der Waals surface area contributed by atoms with Gasteiger partial charge in [0.1, 0.15) is 0 Å². The standard InChI is InChI=1S/C12H23NO3/c1-3-16-12(15)11-5-4-7-13(9-11)8-6-10(2)14/h10-11,14H,3-9H2,1-2H3/t10?,11-/m0/s1. The van der Waals surface area contributed by atoms with Gasteiger partial charge in [0, 0.05) is 13.1 Å². The molecular weight excluding hydrogens is 206 g/mol. The van der Waals surface area contributed by atoms with Gasteiger partial charge < -0.3 is 14.7 Å². The van der Waals surface area contributed by atoms with E-state index in [0.29, 0.717) is 6.61 Å². The molecule has 0 saturated carbocycles. The number of ether oxygens (including phenoxy) is 1. The number of piperidine rings is 1. The molecule has 0 bridgehead atoms. The molecule has 0 spiro atoms. The summed E-state index contributed by atoms with van der Waals surface area (Å²) < 4.78 is 5.04. The van der Waals surface area contributed by atoms with Crippen LogP contribution in [0.5, 0.6) is 0 Å². The minimum atomic E-state index is -0.261. The normalized spacial score (nSPS) is 24.1. The van der Waals surface area contributed by atoms with Crippen molar-refractivity contribution < 1.29 is 14.6 Å². The fourth-order valence-corrected chi connectivity index (χ4v) is 2.08. The van der Waals surface area contributed by atoms with Crippen LogP contribution < -0.4 is 0 Å². The zero-order valence-corrected chi connectivity index (χ0v) is 10.3. The molecule has 1 fully saturated rings. The molecule has 0 radical (unpaired) electrons. The van der Waals surface area contributed by atoms with Gasteiger partial charge >= 0.3 is 5.97 Å². The summed E-state index contributed by atoms with van der Waals surface area (Å²) in [5, 5.41) is 9.22. The van der Waals surface area contributed by atoms with Crippen molar-refractivity contribution >= 4 is 5.97 Å². The summed E-state index contributed by atoms with van der Waals surface area (Å²) >= 11 is 0. The molecule has 1 aliphatic heterocycles. The molecule has 1 aliphatic rings. The lowest BCUT2D eigenvalue weighted by Crippen LogP contribution is -2.40. The highest BCUT2D eigenvalue weighted by Crippen LogP contribution is 2.18. The monoisotopic (exact) mass is 229 g/mol. The van der Waals surface area contributed by atoms with Gasteiger partial charge in [-0.2, -0.15) is 0 Å². The number of rotatable bonds is 5. The third kappa shape index (κ3) is 4.49. The van der Waals surface area contributed by atoms with E-state index in [1.165, 1.54) is 0 Å².